The molecule has 1 heterocycles. The van der Waals surface area contributed by atoms with Crippen LogP contribution in [0.1, 0.15) is 18.1 Å². The predicted octanol–water partition coefficient (Wildman–Crippen LogP) is 2.94. The van der Waals surface area contributed by atoms with Gasteiger partial charge in [0.1, 0.15) is 5.82 Å². The van der Waals surface area contributed by atoms with E-state index in [9.17, 15) is 9.50 Å². The van der Waals surface area contributed by atoms with E-state index in [0.717, 1.165) is 22.6 Å². The fourth-order valence-electron chi connectivity index (χ4n) is 2.70. The molecule has 0 aromatic heterocycles. The number of halogens is 1. The van der Waals surface area contributed by atoms with E-state index in [1.165, 1.54) is 12.1 Å². The van der Waals surface area contributed by atoms with Crippen LogP contribution in [0.5, 0.6) is 11.5 Å². The zero-order valence-corrected chi connectivity index (χ0v) is 13.0. The molecule has 122 valence electrons. The van der Waals surface area contributed by atoms with Gasteiger partial charge in [0.15, 0.2) is 11.5 Å². The Kier molecular flexibility index (Phi) is 4.79. The van der Waals surface area contributed by atoms with Gasteiger partial charge >= 0.3 is 0 Å². The molecular weight excluding hydrogens is 297 g/mol. The van der Waals surface area contributed by atoms with Crippen LogP contribution < -0.4 is 9.47 Å². The summed E-state index contributed by atoms with van der Waals surface area (Å²) in [6.45, 7) is 3.85. The van der Waals surface area contributed by atoms with Crippen molar-refractivity contribution in [2.24, 2.45) is 0 Å². The van der Waals surface area contributed by atoms with Crippen molar-refractivity contribution in [2.75, 3.05) is 13.3 Å². The minimum atomic E-state index is -0.440. The molecule has 1 unspecified atom stereocenters. The van der Waals surface area contributed by atoms with Crippen LogP contribution in [-0.2, 0) is 13.1 Å². The molecule has 0 bridgehead atoms. The van der Waals surface area contributed by atoms with E-state index < -0.39 is 6.10 Å². The maximum atomic E-state index is 13.0. The Morgan fingerprint density at radius 3 is 2.43 bits per heavy atom. The SMILES string of the molecule is CC(O)CN(Cc1ccc(F)cc1)Cc1ccc2c(c1)OCO2. The summed E-state index contributed by atoms with van der Waals surface area (Å²) in [5.74, 6) is 1.27. The van der Waals surface area contributed by atoms with Crippen molar-refractivity contribution >= 4 is 0 Å². The molecule has 1 N–H and O–H groups in total. The first kappa shape index (κ1) is 15.8. The molecule has 1 atom stereocenters. The number of rotatable bonds is 6. The lowest BCUT2D eigenvalue weighted by Crippen LogP contribution is -2.30. The van der Waals surface area contributed by atoms with Crippen molar-refractivity contribution < 1.29 is 19.0 Å². The first-order valence-corrected chi connectivity index (χ1v) is 7.63. The summed E-state index contributed by atoms with van der Waals surface area (Å²) in [6, 6.07) is 12.3. The zero-order chi connectivity index (χ0) is 16.2. The van der Waals surface area contributed by atoms with Gasteiger partial charge in [-0.25, -0.2) is 4.39 Å². The first-order chi connectivity index (χ1) is 11.1. The van der Waals surface area contributed by atoms with Gasteiger partial charge < -0.3 is 14.6 Å². The molecule has 0 aliphatic carbocycles. The van der Waals surface area contributed by atoms with Gasteiger partial charge in [-0.3, -0.25) is 4.90 Å². The van der Waals surface area contributed by atoms with Gasteiger partial charge in [0.05, 0.1) is 6.10 Å². The molecule has 1 aliphatic heterocycles. The number of hydrogen-bond donors (Lipinski definition) is 1. The van der Waals surface area contributed by atoms with Crippen LogP contribution in [0.4, 0.5) is 4.39 Å². The van der Waals surface area contributed by atoms with Crippen LogP contribution in [0.15, 0.2) is 42.5 Å². The van der Waals surface area contributed by atoms with Crippen LogP contribution in [0, 0.1) is 5.82 Å². The molecule has 23 heavy (non-hydrogen) atoms. The van der Waals surface area contributed by atoms with Crippen LogP contribution in [0.2, 0.25) is 0 Å². The van der Waals surface area contributed by atoms with Crippen molar-refractivity contribution in [2.45, 2.75) is 26.1 Å². The van der Waals surface area contributed by atoms with Crippen LogP contribution in [0.3, 0.4) is 0 Å². The number of fused-ring (bicyclic) bond motifs is 1. The summed E-state index contributed by atoms with van der Waals surface area (Å²) in [4.78, 5) is 2.12. The highest BCUT2D eigenvalue weighted by Gasteiger charge is 2.15. The number of benzene rings is 2. The summed E-state index contributed by atoms with van der Waals surface area (Å²) < 4.78 is 23.7. The molecule has 4 nitrogen and oxygen atoms in total. The Labute approximate surface area is 135 Å². The van der Waals surface area contributed by atoms with Crippen LogP contribution >= 0.6 is 0 Å². The maximum Gasteiger partial charge on any atom is 0.231 e. The second kappa shape index (κ2) is 6.98. The molecule has 3 rings (SSSR count). The topological polar surface area (TPSA) is 41.9 Å². The van der Waals surface area contributed by atoms with E-state index in [1.807, 2.05) is 18.2 Å². The fourth-order valence-corrected chi connectivity index (χ4v) is 2.70. The number of aliphatic hydroxyl groups excluding tert-OH is 1. The summed E-state index contributed by atoms with van der Waals surface area (Å²) in [5.41, 5.74) is 2.09. The largest absolute Gasteiger partial charge is 0.454 e. The summed E-state index contributed by atoms with van der Waals surface area (Å²) >= 11 is 0. The average molecular weight is 317 g/mol. The Bertz CT molecular complexity index is 658. The van der Waals surface area contributed by atoms with Gasteiger partial charge in [-0.05, 0) is 42.3 Å². The van der Waals surface area contributed by atoms with E-state index in [0.29, 0.717) is 19.6 Å². The third kappa shape index (κ3) is 4.21. The average Bonchev–Trinajstić information content (AvgIpc) is 2.96. The molecule has 0 spiro atoms. The molecule has 2 aromatic rings. The Morgan fingerprint density at radius 2 is 1.70 bits per heavy atom. The second-order valence-electron chi connectivity index (χ2n) is 5.83. The summed E-state index contributed by atoms with van der Waals surface area (Å²) in [5, 5.41) is 9.73. The number of hydrogen-bond acceptors (Lipinski definition) is 4. The van der Waals surface area contributed by atoms with E-state index in [1.54, 1.807) is 19.1 Å². The highest BCUT2D eigenvalue weighted by Crippen LogP contribution is 2.32. The molecule has 0 radical (unpaired) electrons. The quantitative estimate of drug-likeness (QED) is 0.889. The Morgan fingerprint density at radius 1 is 1.04 bits per heavy atom. The van der Waals surface area contributed by atoms with Crippen LogP contribution in [0.25, 0.3) is 0 Å². The van der Waals surface area contributed by atoms with Gasteiger partial charge in [-0.1, -0.05) is 18.2 Å². The van der Waals surface area contributed by atoms with Gasteiger partial charge in [0.2, 0.25) is 6.79 Å². The van der Waals surface area contributed by atoms with Crippen molar-refractivity contribution in [3.8, 4) is 11.5 Å². The van der Waals surface area contributed by atoms with E-state index >= 15 is 0 Å². The van der Waals surface area contributed by atoms with Crippen molar-refractivity contribution in [3.05, 3.63) is 59.4 Å². The van der Waals surface area contributed by atoms with Crippen LogP contribution in [-0.4, -0.2) is 29.4 Å². The normalized spacial score (nSPS) is 14.3. The lowest BCUT2D eigenvalue weighted by atomic mass is 10.1. The van der Waals surface area contributed by atoms with Gasteiger partial charge in [-0.15, -0.1) is 0 Å². The second-order valence-corrected chi connectivity index (χ2v) is 5.83. The molecule has 5 heteroatoms. The van der Waals surface area contributed by atoms with Crippen molar-refractivity contribution in [1.29, 1.82) is 0 Å². The minimum absolute atomic E-state index is 0.244. The third-order valence-corrected chi connectivity index (χ3v) is 3.69. The first-order valence-electron chi connectivity index (χ1n) is 7.63. The molecule has 0 saturated heterocycles. The highest BCUT2D eigenvalue weighted by atomic mass is 19.1. The lowest BCUT2D eigenvalue weighted by molar-refractivity contribution is 0.118. The zero-order valence-electron chi connectivity index (χ0n) is 13.0. The third-order valence-electron chi connectivity index (χ3n) is 3.69. The highest BCUT2D eigenvalue weighted by molar-refractivity contribution is 5.44. The van der Waals surface area contributed by atoms with Gasteiger partial charge in [0.25, 0.3) is 0 Å². The van der Waals surface area contributed by atoms with Gasteiger partial charge in [-0.2, -0.15) is 0 Å². The Balaban J connectivity index is 1.72. The minimum Gasteiger partial charge on any atom is -0.454 e. The number of nitrogens with zero attached hydrogens (tertiary/aromatic N) is 1. The Hall–Kier alpha value is -2.11. The molecule has 2 aromatic carbocycles. The lowest BCUT2D eigenvalue weighted by Gasteiger charge is -2.24. The van der Waals surface area contributed by atoms with Crippen molar-refractivity contribution in [3.63, 3.8) is 0 Å². The van der Waals surface area contributed by atoms with Gasteiger partial charge in [0, 0.05) is 19.6 Å². The fraction of sp³-hybridized carbons (Fsp3) is 0.333. The summed E-state index contributed by atoms with van der Waals surface area (Å²) in [6.07, 6.45) is -0.440. The van der Waals surface area contributed by atoms with E-state index in [4.69, 9.17) is 9.47 Å². The molecular formula is C18H20FNO3. The molecule has 1 aliphatic rings. The number of ether oxygens (including phenoxy) is 2. The van der Waals surface area contributed by atoms with Crippen molar-refractivity contribution in [1.82, 2.24) is 4.90 Å². The molecule has 0 fully saturated rings. The summed E-state index contributed by atoms with van der Waals surface area (Å²) in [7, 11) is 0. The van der Waals surface area contributed by atoms with E-state index in [-0.39, 0.29) is 12.6 Å². The molecule has 0 amide bonds. The number of aliphatic hydroxyl groups is 1. The molecule has 0 saturated carbocycles. The van der Waals surface area contributed by atoms with E-state index in [2.05, 4.69) is 4.90 Å². The smallest absolute Gasteiger partial charge is 0.231 e. The monoisotopic (exact) mass is 317 g/mol. The standard InChI is InChI=1S/C18H20FNO3/c1-13(21)9-20(10-14-2-5-16(19)6-3-14)11-15-4-7-17-18(8-15)23-12-22-17/h2-8,13,21H,9-12H2,1H3. The predicted molar refractivity (Wildman–Crippen MR) is 84.8 cm³/mol. The maximum absolute atomic E-state index is 13.0.